The van der Waals surface area contributed by atoms with Gasteiger partial charge < -0.3 is 4.74 Å². The number of rotatable bonds is 3. The highest BCUT2D eigenvalue weighted by molar-refractivity contribution is 6.30. The molecule has 0 aromatic heterocycles. The molecular weight excluding hydrogens is 286 g/mol. The van der Waals surface area contributed by atoms with Gasteiger partial charge in [-0.2, -0.15) is 0 Å². The van der Waals surface area contributed by atoms with Crippen molar-refractivity contribution in [3.63, 3.8) is 0 Å². The lowest BCUT2D eigenvalue weighted by Crippen LogP contribution is -2.42. The number of ether oxygens (including phenoxy) is 1. The monoisotopic (exact) mass is 301 g/mol. The molecule has 3 rings (SSSR count). The van der Waals surface area contributed by atoms with E-state index in [0.717, 1.165) is 18.7 Å². The number of morpholine rings is 1. The van der Waals surface area contributed by atoms with Crippen molar-refractivity contribution < 1.29 is 9.53 Å². The van der Waals surface area contributed by atoms with Crippen molar-refractivity contribution in [2.24, 2.45) is 0 Å². The second-order valence-electron chi connectivity index (χ2n) is 5.08. The summed E-state index contributed by atoms with van der Waals surface area (Å²) in [4.78, 5) is 14.3. The van der Waals surface area contributed by atoms with Crippen molar-refractivity contribution in [1.29, 1.82) is 0 Å². The largest absolute Gasteiger partial charge is 0.463 e. The first-order chi connectivity index (χ1) is 10.2. The maximum atomic E-state index is 12.2. The standard InChI is InChI=1S/C17H16ClNO2/c18-15-8-6-14(7-9-15)16-17(20)21-11-10-19(16)12-13-4-2-1-3-5-13/h1-9,16H,10-12H2/t16-/m0/s1. The Morgan fingerprint density at radius 1 is 1.10 bits per heavy atom. The smallest absolute Gasteiger partial charge is 0.328 e. The fourth-order valence-corrected chi connectivity index (χ4v) is 2.73. The molecule has 0 aliphatic carbocycles. The molecule has 108 valence electrons. The Morgan fingerprint density at radius 3 is 2.52 bits per heavy atom. The highest BCUT2D eigenvalue weighted by Crippen LogP contribution is 2.28. The maximum Gasteiger partial charge on any atom is 0.328 e. The van der Waals surface area contributed by atoms with Crippen molar-refractivity contribution in [3.8, 4) is 0 Å². The normalized spacial score (nSPS) is 19.3. The summed E-state index contributed by atoms with van der Waals surface area (Å²) < 4.78 is 5.23. The zero-order chi connectivity index (χ0) is 14.7. The van der Waals surface area contributed by atoms with Gasteiger partial charge in [0.1, 0.15) is 12.6 Å². The van der Waals surface area contributed by atoms with E-state index in [2.05, 4.69) is 17.0 Å². The Kier molecular flexibility index (Phi) is 4.23. The van der Waals surface area contributed by atoms with E-state index in [4.69, 9.17) is 16.3 Å². The minimum absolute atomic E-state index is 0.195. The Labute approximate surface area is 129 Å². The van der Waals surface area contributed by atoms with Gasteiger partial charge in [-0.3, -0.25) is 4.90 Å². The summed E-state index contributed by atoms with van der Waals surface area (Å²) in [7, 11) is 0. The van der Waals surface area contributed by atoms with Crippen LogP contribution < -0.4 is 0 Å². The molecule has 2 aromatic rings. The van der Waals surface area contributed by atoms with E-state index in [0.29, 0.717) is 11.6 Å². The van der Waals surface area contributed by atoms with E-state index in [9.17, 15) is 4.79 Å². The van der Waals surface area contributed by atoms with Gasteiger partial charge in [0.25, 0.3) is 0 Å². The topological polar surface area (TPSA) is 29.5 Å². The van der Waals surface area contributed by atoms with Crippen molar-refractivity contribution in [3.05, 3.63) is 70.7 Å². The first kappa shape index (κ1) is 14.1. The van der Waals surface area contributed by atoms with Crippen LogP contribution in [0.25, 0.3) is 0 Å². The lowest BCUT2D eigenvalue weighted by Gasteiger charge is -2.34. The predicted octanol–water partition coefficient (Wildman–Crippen LogP) is 3.44. The SMILES string of the molecule is O=C1OCCN(Cc2ccccc2)[C@H]1c1ccc(Cl)cc1. The van der Waals surface area contributed by atoms with Crippen LogP contribution in [0.15, 0.2) is 54.6 Å². The predicted molar refractivity (Wildman–Crippen MR) is 82.0 cm³/mol. The average Bonchev–Trinajstić information content (AvgIpc) is 2.50. The first-order valence-electron chi connectivity index (χ1n) is 6.94. The molecule has 1 saturated heterocycles. The number of halogens is 1. The molecule has 0 N–H and O–H groups in total. The van der Waals surface area contributed by atoms with Crippen LogP contribution in [-0.2, 0) is 16.1 Å². The summed E-state index contributed by atoms with van der Waals surface area (Å²) >= 11 is 5.92. The quantitative estimate of drug-likeness (QED) is 0.813. The fraction of sp³-hybridized carbons (Fsp3) is 0.235. The van der Waals surface area contributed by atoms with Crippen molar-refractivity contribution >= 4 is 17.6 Å². The van der Waals surface area contributed by atoms with Crippen LogP contribution in [0.1, 0.15) is 17.2 Å². The zero-order valence-corrected chi connectivity index (χ0v) is 12.3. The maximum absolute atomic E-state index is 12.2. The summed E-state index contributed by atoms with van der Waals surface area (Å²) in [6, 6.07) is 17.2. The fourth-order valence-electron chi connectivity index (χ4n) is 2.60. The molecule has 0 spiro atoms. The van der Waals surface area contributed by atoms with Gasteiger partial charge in [0.15, 0.2) is 0 Å². The first-order valence-corrected chi connectivity index (χ1v) is 7.32. The number of hydrogen-bond acceptors (Lipinski definition) is 3. The van der Waals surface area contributed by atoms with Crippen molar-refractivity contribution in [1.82, 2.24) is 4.90 Å². The molecule has 0 bridgehead atoms. The van der Waals surface area contributed by atoms with Crippen LogP contribution in [0, 0.1) is 0 Å². The molecular formula is C17H16ClNO2. The molecule has 0 saturated carbocycles. The van der Waals surface area contributed by atoms with Crippen molar-refractivity contribution in [2.45, 2.75) is 12.6 Å². The number of cyclic esters (lactones) is 1. The number of benzene rings is 2. The van der Waals surface area contributed by atoms with Gasteiger partial charge in [-0.1, -0.05) is 54.1 Å². The summed E-state index contributed by atoms with van der Waals surface area (Å²) in [5.74, 6) is -0.195. The van der Waals surface area contributed by atoms with Gasteiger partial charge in [0, 0.05) is 18.1 Å². The van der Waals surface area contributed by atoms with Crippen molar-refractivity contribution in [2.75, 3.05) is 13.2 Å². The van der Waals surface area contributed by atoms with Crippen LogP contribution in [0.4, 0.5) is 0 Å². The summed E-state index contributed by atoms with van der Waals surface area (Å²) in [5, 5.41) is 0.664. The second-order valence-corrected chi connectivity index (χ2v) is 5.51. The molecule has 1 aliphatic heterocycles. The van der Waals surface area contributed by atoms with E-state index in [-0.39, 0.29) is 12.0 Å². The number of carbonyl (C=O) groups is 1. The number of esters is 1. The zero-order valence-electron chi connectivity index (χ0n) is 11.5. The molecule has 0 radical (unpaired) electrons. The molecule has 3 nitrogen and oxygen atoms in total. The van der Waals surface area contributed by atoms with Gasteiger partial charge in [0.05, 0.1) is 0 Å². The summed E-state index contributed by atoms with van der Waals surface area (Å²) in [6.45, 7) is 1.90. The molecule has 1 heterocycles. The number of nitrogens with zero attached hydrogens (tertiary/aromatic N) is 1. The van der Waals surface area contributed by atoms with E-state index < -0.39 is 0 Å². The van der Waals surface area contributed by atoms with E-state index >= 15 is 0 Å². The van der Waals surface area contributed by atoms with Crippen LogP contribution in [0.2, 0.25) is 5.02 Å². The molecule has 1 aliphatic rings. The summed E-state index contributed by atoms with van der Waals surface area (Å²) in [5.41, 5.74) is 2.10. The van der Waals surface area contributed by atoms with E-state index in [1.807, 2.05) is 30.3 Å². The molecule has 1 fully saturated rings. The highest BCUT2D eigenvalue weighted by atomic mass is 35.5. The average molecular weight is 302 g/mol. The third-order valence-corrected chi connectivity index (χ3v) is 3.88. The molecule has 4 heteroatoms. The highest BCUT2D eigenvalue weighted by Gasteiger charge is 2.32. The van der Waals surface area contributed by atoms with E-state index in [1.54, 1.807) is 12.1 Å². The lowest BCUT2D eigenvalue weighted by molar-refractivity contribution is -0.158. The Bertz CT molecular complexity index is 612. The van der Waals surface area contributed by atoms with Gasteiger partial charge in [-0.25, -0.2) is 4.79 Å². The third-order valence-electron chi connectivity index (χ3n) is 3.63. The molecule has 1 atom stereocenters. The lowest BCUT2D eigenvalue weighted by atomic mass is 10.0. The van der Waals surface area contributed by atoms with Gasteiger partial charge in [-0.15, -0.1) is 0 Å². The summed E-state index contributed by atoms with van der Waals surface area (Å²) in [6.07, 6.45) is 0. The molecule has 2 aromatic carbocycles. The Balaban J connectivity index is 1.86. The molecule has 0 unspecified atom stereocenters. The van der Waals surface area contributed by atoms with Crippen LogP contribution in [-0.4, -0.2) is 24.0 Å². The van der Waals surface area contributed by atoms with Gasteiger partial charge in [0.2, 0.25) is 0 Å². The number of hydrogen-bond donors (Lipinski definition) is 0. The number of carbonyl (C=O) groups excluding carboxylic acids is 1. The third kappa shape index (κ3) is 3.26. The van der Waals surface area contributed by atoms with Gasteiger partial charge in [-0.05, 0) is 23.3 Å². The Morgan fingerprint density at radius 2 is 1.81 bits per heavy atom. The van der Waals surface area contributed by atoms with E-state index in [1.165, 1.54) is 5.56 Å². The minimum atomic E-state index is -0.365. The second kappa shape index (κ2) is 6.29. The molecule has 21 heavy (non-hydrogen) atoms. The van der Waals surface area contributed by atoms with Crippen LogP contribution >= 0.6 is 11.6 Å². The Hall–Kier alpha value is -1.84. The molecule has 0 amide bonds. The van der Waals surface area contributed by atoms with Crippen LogP contribution in [0.3, 0.4) is 0 Å². The van der Waals surface area contributed by atoms with Gasteiger partial charge >= 0.3 is 5.97 Å². The van der Waals surface area contributed by atoms with Crippen LogP contribution in [0.5, 0.6) is 0 Å². The minimum Gasteiger partial charge on any atom is -0.463 e.